The molecule has 51 heavy (non-hydrogen) atoms. The minimum absolute atomic E-state index is 0.0682. The van der Waals surface area contributed by atoms with E-state index >= 15 is 0 Å². The molecular formula is C39H48N4O8. The number of cyclic esters (lactones) is 1. The highest BCUT2D eigenvalue weighted by molar-refractivity contribution is 6.05. The third kappa shape index (κ3) is 6.92. The minimum Gasteiger partial charge on any atom is -0.455 e. The number of rotatable bonds is 10. The van der Waals surface area contributed by atoms with Crippen molar-refractivity contribution in [2.75, 3.05) is 56.3 Å². The van der Waals surface area contributed by atoms with Gasteiger partial charge in [0, 0.05) is 57.7 Å². The third-order valence-corrected chi connectivity index (χ3v) is 10.4. The molecule has 4 aliphatic rings. The van der Waals surface area contributed by atoms with E-state index in [9.17, 15) is 24.3 Å². The first kappa shape index (κ1) is 36.3. The number of methoxy groups -OCH3 is 1. The number of amides is 3. The van der Waals surface area contributed by atoms with Crippen molar-refractivity contribution in [2.45, 2.75) is 63.0 Å². The highest BCUT2D eigenvalue weighted by atomic mass is 16.6. The van der Waals surface area contributed by atoms with E-state index < -0.39 is 53.6 Å². The van der Waals surface area contributed by atoms with Crippen LogP contribution in [-0.2, 0) is 33.4 Å². The number of benzene rings is 2. The van der Waals surface area contributed by atoms with Crippen LogP contribution < -0.4 is 15.1 Å². The number of fused-ring (bicyclic) bond motifs is 2. The van der Waals surface area contributed by atoms with Gasteiger partial charge in [-0.3, -0.25) is 19.2 Å². The van der Waals surface area contributed by atoms with Crippen molar-refractivity contribution in [3.8, 4) is 0 Å². The number of likely N-dealkylation sites (tertiary alicyclic amines) is 1. The molecule has 12 nitrogen and oxygen atoms in total. The molecule has 0 saturated carbocycles. The molecule has 3 amide bonds. The molecule has 0 unspecified atom stereocenters. The lowest BCUT2D eigenvalue weighted by atomic mass is 9.74. The highest BCUT2D eigenvalue weighted by Gasteiger charge is 2.73. The predicted molar refractivity (Wildman–Crippen MR) is 191 cm³/mol. The van der Waals surface area contributed by atoms with Crippen molar-refractivity contribution in [3.63, 3.8) is 0 Å². The SMILES string of the molecule is CCN(CC)c1ccc(N2C/C=C\CCC(=O)N[C@@H](COC)[C@H](c3ccccc3)OC(=O)[C@@H]3[C@H]4C(=O)N(CCCO)[C@H](C2=O)[C@]42C=C[C@H]3O2)cc1. The smallest absolute Gasteiger partial charge is 0.313 e. The summed E-state index contributed by atoms with van der Waals surface area (Å²) in [4.78, 5) is 62.4. The normalized spacial score (nSPS) is 30.0. The number of hydrogen-bond acceptors (Lipinski definition) is 9. The fraction of sp³-hybridized carbons (Fsp3) is 0.487. The second-order valence-corrected chi connectivity index (χ2v) is 13.4. The second-order valence-electron chi connectivity index (χ2n) is 13.4. The van der Waals surface area contributed by atoms with Gasteiger partial charge < -0.3 is 39.3 Å². The van der Waals surface area contributed by atoms with Crippen LogP contribution in [0.15, 0.2) is 78.9 Å². The molecule has 7 atom stereocenters. The number of nitrogens with zero attached hydrogens (tertiary/aromatic N) is 3. The maximum absolute atomic E-state index is 15.0. The van der Waals surface area contributed by atoms with Gasteiger partial charge in [-0.1, -0.05) is 54.6 Å². The zero-order chi connectivity index (χ0) is 36.1. The summed E-state index contributed by atoms with van der Waals surface area (Å²) in [5.41, 5.74) is 0.881. The van der Waals surface area contributed by atoms with E-state index in [0.717, 1.165) is 18.8 Å². The molecule has 4 aliphatic heterocycles. The first-order valence-electron chi connectivity index (χ1n) is 17.9. The Morgan fingerprint density at radius 2 is 1.75 bits per heavy atom. The minimum atomic E-state index is -1.42. The van der Waals surface area contributed by atoms with Crippen LogP contribution in [0.4, 0.5) is 11.4 Å². The van der Waals surface area contributed by atoms with E-state index in [2.05, 4.69) is 24.1 Å². The Balaban J connectivity index is 1.43. The fourth-order valence-electron chi connectivity index (χ4n) is 8.01. The van der Waals surface area contributed by atoms with Crippen molar-refractivity contribution < 1.29 is 38.5 Å². The Kier molecular flexibility index (Phi) is 11.2. The lowest BCUT2D eigenvalue weighted by Gasteiger charge is -2.36. The van der Waals surface area contributed by atoms with Crippen LogP contribution in [0.25, 0.3) is 0 Å². The van der Waals surface area contributed by atoms with Gasteiger partial charge in [0.1, 0.15) is 23.7 Å². The van der Waals surface area contributed by atoms with Gasteiger partial charge >= 0.3 is 5.97 Å². The molecule has 2 aromatic rings. The standard InChI is InChI=1S/C39H48N4O8/c1-4-41(5-2)27-16-18-28(19-17-27)42-22-11-7-10-15-31(45)40-29(25-49-3)34(26-13-8-6-9-14-26)50-38(48)32-30-20-21-39(51-30)33(32)36(46)43(23-12-24-44)35(39)37(42)47/h6-9,11,13-14,16-21,29-30,32-35,44H,4-5,10,12,15,22-25H2,1-3H3,(H,40,45)/b11-7-/t29-,30+,32-,33-,34-,35+,39-/m0/s1. The van der Waals surface area contributed by atoms with E-state index in [1.165, 1.54) is 12.0 Å². The quantitative estimate of drug-likeness (QED) is 0.283. The Bertz CT molecular complexity index is 1630. The van der Waals surface area contributed by atoms with Crippen LogP contribution >= 0.6 is 0 Å². The summed E-state index contributed by atoms with van der Waals surface area (Å²) >= 11 is 0. The molecule has 0 aliphatic carbocycles. The fourth-order valence-corrected chi connectivity index (χ4v) is 8.01. The predicted octanol–water partition coefficient (Wildman–Crippen LogP) is 3.16. The van der Waals surface area contributed by atoms with E-state index in [-0.39, 0.29) is 51.0 Å². The Morgan fingerprint density at radius 1 is 1.00 bits per heavy atom. The van der Waals surface area contributed by atoms with Crippen molar-refractivity contribution in [2.24, 2.45) is 11.8 Å². The van der Waals surface area contributed by atoms with Gasteiger partial charge in [-0.05, 0) is 56.5 Å². The number of aliphatic hydroxyl groups is 1. The Hall–Kier alpha value is -4.52. The molecule has 2 saturated heterocycles. The maximum atomic E-state index is 15.0. The molecule has 4 heterocycles. The summed E-state index contributed by atoms with van der Waals surface area (Å²) in [6.07, 6.45) is 6.30. The molecule has 0 aromatic heterocycles. The Morgan fingerprint density at radius 3 is 2.43 bits per heavy atom. The first-order valence-corrected chi connectivity index (χ1v) is 17.9. The first-order chi connectivity index (χ1) is 24.8. The van der Waals surface area contributed by atoms with Gasteiger partial charge in [0.25, 0.3) is 5.91 Å². The van der Waals surface area contributed by atoms with Crippen molar-refractivity contribution in [1.29, 1.82) is 0 Å². The van der Waals surface area contributed by atoms with Gasteiger partial charge in [0.05, 0.1) is 24.7 Å². The summed E-state index contributed by atoms with van der Waals surface area (Å²) < 4.78 is 18.3. The second kappa shape index (κ2) is 15.8. The number of allylic oxidation sites excluding steroid dienone is 1. The molecule has 12 heteroatoms. The zero-order valence-electron chi connectivity index (χ0n) is 29.5. The summed E-state index contributed by atoms with van der Waals surface area (Å²) in [5.74, 6) is -3.76. The summed E-state index contributed by atoms with van der Waals surface area (Å²) in [7, 11) is 1.51. The number of carbonyl (C=O) groups excluding carboxylic acids is 4. The van der Waals surface area contributed by atoms with Crippen LogP contribution in [0.1, 0.15) is 44.8 Å². The lowest BCUT2D eigenvalue weighted by Crippen LogP contribution is -2.56. The van der Waals surface area contributed by atoms with Crippen LogP contribution in [-0.4, -0.2) is 104 Å². The number of nitrogens with one attached hydrogen (secondary N) is 1. The molecular weight excluding hydrogens is 652 g/mol. The highest BCUT2D eigenvalue weighted by Crippen LogP contribution is 2.56. The van der Waals surface area contributed by atoms with E-state index in [4.69, 9.17) is 14.2 Å². The van der Waals surface area contributed by atoms with Gasteiger partial charge in [0.2, 0.25) is 11.8 Å². The summed E-state index contributed by atoms with van der Waals surface area (Å²) in [6, 6.07) is 15.0. The summed E-state index contributed by atoms with van der Waals surface area (Å²) in [6.45, 7) is 5.99. The third-order valence-electron chi connectivity index (χ3n) is 10.4. The van der Waals surface area contributed by atoms with Crippen LogP contribution in [0.3, 0.4) is 0 Å². The van der Waals surface area contributed by atoms with E-state index in [1.54, 1.807) is 17.1 Å². The average Bonchev–Trinajstić information content (AvgIpc) is 3.79. The van der Waals surface area contributed by atoms with Gasteiger partial charge in [-0.25, -0.2) is 0 Å². The van der Waals surface area contributed by atoms with Crippen molar-refractivity contribution in [1.82, 2.24) is 10.2 Å². The topological polar surface area (TPSA) is 138 Å². The van der Waals surface area contributed by atoms with E-state index in [1.807, 2.05) is 66.7 Å². The lowest BCUT2D eigenvalue weighted by molar-refractivity contribution is -0.162. The van der Waals surface area contributed by atoms with E-state index in [0.29, 0.717) is 17.7 Å². The largest absolute Gasteiger partial charge is 0.455 e. The summed E-state index contributed by atoms with van der Waals surface area (Å²) in [5, 5.41) is 12.8. The number of hydrogen-bond donors (Lipinski definition) is 2. The molecule has 272 valence electrons. The molecule has 2 aromatic carbocycles. The number of aliphatic hydroxyl groups excluding tert-OH is 1. The Labute approximate surface area is 299 Å². The number of ether oxygens (including phenoxy) is 3. The van der Waals surface area contributed by atoms with Gasteiger partial charge in [-0.15, -0.1) is 0 Å². The van der Waals surface area contributed by atoms with Crippen LogP contribution in [0.5, 0.6) is 0 Å². The molecule has 2 fully saturated rings. The monoisotopic (exact) mass is 700 g/mol. The maximum Gasteiger partial charge on any atom is 0.313 e. The van der Waals surface area contributed by atoms with Gasteiger partial charge in [-0.2, -0.15) is 0 Å². The number of esters is 1. The molecule has 2 N–H and O–H groups in total. The van der Waals surface area contributed by atoms with Crippen LogP contribution in [0, 0.1) is 11.8 Å². The molecule has 5 bridgehead atoms. The number of anilines is 2. The molecule has 6 rings (SSSR count). The molecule has 1 spiro atoms. The van der Waals surface area contributed by atoms with Gasteiger partial charge in [0.15, 0.2) is 0 Å². The van der Waals surface area contributed by atoms with Crippen molar-refractivity contribution >= 4 is 35.1 Å². The van der Waals surface area contributed by atoms with Crippen LogP contribution in [0.2, 0.25) is 0 Å². The molecule has 0 radical (unpaired) electrons. The zero-order valence-corrected chi connectivity index (χ0v) is 29.5. The average molecular weight is 701 g/mol. The number of carbonyl (C=O) groups is 4. The van der Waals surface area contributed by atoms with Crippen molar-refractivity contribution in [3.05, 3.63) is 84.5 Å².